The van der Waals surface area contributed by atoms with Crippen LogP contribution < -0.4 is 10.6 Å². The molecule has 1 saturated carbocycles. The van der Waals surface area contributed by atoms with Crippen molar-refractivity contribution in [2.75, 3.05) is 26.7 Å². The minimum Gasteiger partial charge on any atom is -0.0622 e. The molecule has 0 radical (unpaired) electrons. The summed E-state index contributed by atoms with van der Waals surface area (Å²) in [4.78, 5) is 13.7. The molecule has 0 aromatic heterocycles. The number of terminal acetylenes is 1. The Bertz CT molecular complexity index is 1000. The Morgan fingerprint density at radius 2 is 1.65 bits per heavy atom. The van der Waals surface area contributed by atoms with Crippen molar-refractivity contribution >= 4 is 9.97 Å². The zero-order valence-electron chi connectivity index (χ0n) is 34.6. The van der Waals surface area contributed by atoms with Gasteiger partial charge in [0.25, 0.3) is 0 Å². The second-order valence-corrected chi connectivity index (χ2v) is 16.7. The van der Waals surface area contributed by atoms with Gasteiger partial charge in [0.2, 0.25) is 0 Å². The number of aliphatic hydroxyl groups is 1. The van der Waals surface area contributed by atoms with Crippen LogP contribution in [0.15, 0.2) is 43.5 Å². The van der Waals surface area contributed by atoms with E-state index < -0.39 is 0 Å². The van der Waals surface area contributed by atoms with Crippen LogP contribution in [0.4, 0.5) is 0 Å². The number of aliphatic hydroxyl groups excluding tert-OH is 1. The van der Waals surface area contributed by atoms with Crippen molar-refractivity contribution in [2.24, 2.45) is 23.7 Å². The molecule has 4 unspecified atom stereocenters. The van der Waals surface area contributed by atoms with Crippen LogP contribution in [0.3, 0.4) is 0 Å². The van der Waals surface area contributed by atoms with Gasteiger partial charge in [-0.2, -0.15) is 0 Å². The summed E-state index contributed by atoms with van der Waals surface area (Å²) >= 11 is 1.88. The molecule has 0 bridgehead atoms. The number of carbonyl (C=O) groups is 1. The summed E-state index contributed by atoms with van der Waals surface area (Å²) in [6, 6.07) is 11.2. The fourth-order valence-corrected chi connectivity index (χ4v) is 7.43. The molecule has 0 aliphatic heterocycles. The number of hydrogen-bond donors (Lipinski definition) is 3. The fraction of sp³-hybridized carbons (Fsp3) is 0.733. The maximum absolute atomic E-state index is 11.2. The van der Waals surface area contributed by atoms with Gasteiger partial charge in [0, 0.05) is 12.5 Å². The predicted octanol–water partition coefficient (Wildman–Crippen LogP) is 9.94. The Morgan fingerprint density at radius 1 is 1.02 bits per heavy atom. The van der Waals surface area contributed by atoms with Gasteiger partial charge in [-0.15, -0.1) is 25.5 Å². The van der Waals surface area contributed by atoms with Crippen LogP contribution in [0.1, 0.15) is 144 Å². The van der Waals surface area contributed by atoms with Crippen LogP contribution >= 0.6 is 0 Å². The molecule has 0 spiro atoms. The van der Waals surface area contributed by atoms with Gasteiger partial charge in [-0.25, -0.2) is 0 Å². The largest absolute Gasteiger partial charge is 0.0622 e. The quantitative estimate of drug-likeness (QED) is 0.0800. The monoisotopic (exact) mass is 888 g/mol. The Morgan fingerprint density at radius 3 is 2.14 bits per heavy atom. The number of hydrogen-bond acceptors (Lipinski definition) is 5. The van der Waals surface area contributed by atoms with Gasteiger partial charge < -0.3 is 10.4 Å². The maximum atomic E-state index is 11.2. The summed E-state index contributed by atoms with van der Waals surface area (Å²) < 4.78 is 1.26. The molecule has 1 aliphatic carbocycles. The molecule has 0 heterocycles. The maximum Gasteiger partial charge on any atom is -0.0398 e. The molecular formula is C45H81N3O2Os. The average Bonchev–Trinajstić information content (AvgIpc) is 3.11. The molecule has 296 valence electrons. The van der Waals surface area contributed by atoms with Gasteiger partial charge in [-0.05, 0) is 56.9 Å². The fourth-order valence-electron chi connectivity index (χ4n) is 6.34. The molecular weight excluding hydrogens is 805 g/mol. The molecule has 51 heavy (non-hydrogen) atoms. The van der Waals surface area contributed by atoms with Crippen molar-refractivity contribution in [1.82, 2.24) is 15.5 Å². The summed E-state index contributed by atoms with van der Waals surface area (Å²) in [6.07, 6.45) is 21.6. The van der Waals surface area contributed by atoms with E-state index >= 15 is 0 Å². The van der Waals surface area contributed by atoms with E-state index in [1.165, 1.54) is 67.7 Å². The molecule has 1 aliphatic rings. The van der Waals surface area contributed by atoms with E-state index in [4.69, 9.17) is 6.42 Å². The predicted molar refractivity (Wildman–Crippen MR) is 222 cm³/mol. The number of ketones is 1. The first-order valence-corrected chi connectivity index (χ1v) is 21.4. The number of nitrogens with one attached hydrogen (secondary N) is 2. The van der Waals surface area contributed by atoms with Crippen molar-refractivity contribution in [3.8, 4) is 12.3 Å². The number of nitrogens with zero attached hydrogens (tertiary/aromatic N) is 1. The minimum absolute atomic E-state index is 0.143. The van der Waals surface area contributed by atoms with Crippen molar-refractivity contribution < 1.29 is 28.0 Å². The van der Waals surface area contributed by atoms with Gasteiger partial charge >= 0.3 is 129 Å². The SMILES string of the molecule is C#CCC(C)CCNC(CC1CCCCC1)C(O)CCC(C)C.C=C.CCCN(C)C(CC)CCN[C](=[Os])C[C@@H](C)C(C)=O.Cc1ccccc1. The smallest absolute Gasteiger partial charge is 0.0398 e. The van der Waals surface area contributed by atoms with Gasteiger partial charge in [0.15, 0.2) is 0 Å². The number of rotatable bonds is 22. The summed E-state index contributed by atoms with van der Waals surface area (Å²) in [7, 11) is 2.22. The Hall–Kier alpha value is -1.46. The van der Waals surface area contributed by atoms with Crippen LogP contribution in [0.2, 0.25) is 0 Å². The average molecular weight is 886 g/mol. The molecule has 5 atom stereocenters. The van der Waals surface area contributed by atoms with Crippen LogP contribution in [-0.2, 0) is 22.9 Å². The molecule has 6 heteroatoms. The number of Topliss-reactive ketones (excluding diaryl/α,β-unsaturated/α-hetero) is 1. The molecule has 1 aromatic carbocycles. The summed E-state index contributed by atoms with van der Waals surface area (Å²) in [5.74, 6) is 5.20. The van der Waals surface area contributed by atoms with Crippen LogP contribution in [0.5, 0.6) is 0 Å². The molecule has 0 saturated heterocycles. The second kappa shape index (κ2) is 34.3. The number of carbonyl (C=O) groups excluding carboxylic acids is 1. The first kappa shape index (κ1) is 51.6. The van der Waals surface area contributed by atoms with E-state index in [1.54, 1.807) is 6.92 Å². The Labute approximate surface area is 327 Å². The molecule has 0 amide bonds. The van der Waals surface area contributed by atoms with E-state index in [1.807, 2.05) is 43.3 Å². The number of benzene rings is 1. The van der Waals surface area contributed by atoms with Crippen molar-refractivity contribution in [3.05, 3.63) is 49.1 Å². The van der Waals surface area contributed by atoms with Crippen LogP contribution in [0, 0.1) is 42.9 Å². The topological polar surface area (TPSA) is 64.6 Å². The van der Waals surface area contributed by atoms with Gasteiger partial charge in [-0.3, -0.25) is 0 Å². The molecule has 1 aromatic rings. The van der Waals surface area contributed by atoms with Crippen molar-refractivity contribution in [3.63, 3.8) is 0 Å². The van der Waals surface area contributed by atoms with E-state index in [0.717, 1.165) is 57.5 Å². The van der Waals surface area contributed by atoms with Crippen molar-refractivity contribution in [1.29, 1.82) is 0 Å². The van der Waals surface area contributed by atoms with Crippen molar-refractivity contribution in [2.45, 2.75) is 163 Å². The van der Waals surface area contributed by atoms with E-state index in [2.05, 4.69) is 95.3 Å². The van der Waals surface area contributed by atoms with E-state index in [0.29, 0.717) is 17.9 Å². The van der Waals surface area contributed by atoms with Crippen LogP contribution in [0.25, 0.3) is 0 Å². The van der Waals surface area contributed by atoms with Gasteiger partial charge in [-0.1, -0.05) is 88.8 Å². The third-order valence-electron chi connectivity index (χ3n) is 9.90. The van der Waals surface area contributed by atoms with Gasteiger partial charge in [0.05, 0.1) is 6.10 Å². The first-order valence-electron chi connectivity index (χ1n) is 20.1. The third kappa shape index (κ3) is 29.7. The standard InChI is InChI=1S/C21H39NO.C15H30N2O.C7H8.C2H4.Os/c1-5-9-18(4)14-15-22-20(21(23)13-12-17(2)3)16-19-10-7-6-8-11-19;1-6-12-17(5)15(7-2)9-11-16-10-8-13(3)14(4)18;1-7-5-3-2-4-6-7;1-2;/h1,17-23H,6-16H2,2-4H3;13,15-16H,6-9,11-12H2,1-5H3;2-6H,1H3;1-2H2;/t;13-,15?;;;/m.1.../s1. The molecule has 1 fully saturated rings. The van der Waals surface area contributed by atoms with E-state index in [9.17, 15) is 9.90 Å². The normalized spacial score (nSPS) is 15.8. The van der Waals surface area contributed by atoms with E-state index in [-0.39, 0.29) is 23.8 Å². The molecule has 5 nitrogen and oxygen atoms in total. The second-order valence-electron chi connectivity index (χ2n) is 15.2. The molecule has 2 rings (SSSR count). The Kier molecular flexibility index (Phi) is 34.7. The molecule has 3 N–H and O–H groups in total. The minimum atomic E-state index is -0.206. The summed E-state index contributed by atoms with van der Waals surface area (Å²) in [5, 5.41) is 17.8. The zero-order valence-corrected chi connectivity index (χ0v) is 37.1. The zero-order chi connectivity index (χ0) is 39.0. The van der Waals surface area contributed by atoms with Crippen LogP contribution in [-0.4, -0.2) is 64.8 Å². The summed E-state index contributed by atoms with van der Waals surface area (Å²) in [6.45, 7) is 26.1. The third-order valence-corrected chi connectivity index (χ3v) is 10.9. The Balaban J connectivity index is 0. The first-order chi connectivity index (χ1) is 24.3. The summed E-state index contributed by atoms with van der Waals surface area (Å²) in [5.41, 5.74) is 1.32. The van der Waals surface area contributed by atoms with Gasteiger partial charge in [0.1, 0.15) is 0 Å². The number of aryl methyl sites for hydroxylation is 1.